The van der Waals surface area contributed by atoms with Crippen LogP contribution >= 0.6 is 0 Å². The quantitative estimate of drug-likeness (QED) is 0.504. The van der Waals surface area contributed by atoms with Gasteiger partial charge in [0.15, 0.2) is 0 Å². The van der Waals surface area contributed by atoms with Crippen molar-refractivity contribution in [3.8, 4) is 0 Å². The van der Waals surface area contributed by atoms with Crippen molar-refractivity contribution in [2.75, 3.05) is 19.8 Å². The highest BCUT2D eigenvalue weighted by Crippen LogP contribution is 2.30. The van der Waals surface area contributed by atoms with E-state index in [0.717, 1.165) is 6.42 Å². The van der Waals surface area contributed by atoms with Crippen molar-refractivity contribution >= 4 is 11.9 Å². The van der Waals surface area contributed by atoms with Gasteiger partial charge in [-0.25, -0.2) is 0 Å². The molecule has 0 radical (unpaired) electrons. The molecule has 5 heteroatoms. The summed E-state index contributed by atoms with van der Waals surface area (Å²) < 4.78 is 5.27. The molecule has 2 unspecified atom stereocenters. The van der Waals surface area contributed by atoms with Crippen molar-refractivity contribution in [2.24, 2.45) is 11.8 Å². The minimum absolute atomic E-state index is 0.0499. The van der Waals surface area contributed by atoms with Crippen LogP contribution in [0.2, 0.25) is 0 Å². The number of nitrogens with one attached hydrogen (secondary N) is 1. The fourth-order valence-electron chi connectivity index (χ4n) is 2.10. The largest absolute Gasteiger partial charge is 0.481 e. The first-order valence-electron chi connectivity index (χ1n) is 6.34. The monoisotopic (exact) mass is 255 g/mol. The van der Waals surface area contributed by atoms with Gasteiger partial charge in [0.25, 0.3) is 0 Å². The van der Waals surface area contributed by atoms with Crippen LogP contribution in [0, 0.1) is 11.8 Å². The van der Waals surface area contributed by atoms with E-state index in [4.69, 9.17) is 9.84 Å². The number of ether oxygens (including phenoxy) is 1. The lowest BCUT2D eigenvalue weighted by Crippen LogP contribution is -2.32. The summed E-state index contributed by atoms with van der Waals surface area (Å²) in [4.78, 5) is 22.5. The molecular weight excluding hydrogens is 234 g/mol. The Hall–Kier alpha value is -1.36. The number of carboxylic acid groups (broad SMARTS) is 1. The van der Waals surface area contributed by atoms with Gasteiger partial charge in [0.2, 0.25) is 5.91 Å². The van der Waals surface area contributed by atoms with E-state index in [1.165, 1.54) is 0 Å². The Labute approximate surface area is 107 Å². The minimum Gasteiger partial charge on any atom is -0.481 e. The van der Waals surface area contributed by atoms with Crippen molar-refractivity contribution in [1.82, 2.24) is 5.32 Å². The third-order valence-corrected chi connectivity index (χ3v) is 3.16. The molecule has 1 amide bonds. The molecule has 102 valence electrons. The van der Waals surface area contributed by atoms with Crippen molar-refractivity contribution in [2.45, 2.75) is 25.7 Å². The van der Waals surface area contributed by atoms with Gasteiger partial charge in [0, 0.05) is 12.5 Å². The molecule has 0 aliphatic heterocycles. The van der Waals surface area contributed by atoms with Gasteiger partial charge in [-0.15, -0.1) is 6.58 Å². The molecule has 0 heterocycles. The fourth-order valence-corrected chi connectivity index (χ4v) is 2.10. The Balaban J connectivity index is 2.10. The molecule has 0 saturated heterocycles. The van der Waals surface area contributed by atoms with E-state index in [0.29, 0.717) is 39.0 Å². The Morgan fingerprint density at radius 2 is 2.06 bits per heavy atom. The Morgan fingerprint density at radius 1 is 1.33 bits per heavy atom. The molecule has 1 rings (SSSR count). The summed E-state index contributed by atoms with van der Waals surface area (Å²) in [6.07, 6.45) is 4.31. The molecule has 0 aromatic rings. The van der Waals surface area contributed by atoms with Gasteiger partial charge >= 0.3 is 5.97 Å². The highest BCUT2D eigenvalue weighted by molar-refractivity contribution is 5.80. The zero-order chi connectivity index (χ0) is 13.4. The summed E-state index contributed by atoms with van der Waals surface area (Å²) in [5.74, 6) is -1.35. The molecule has 0 aromatic heterocycles. The number of carbonyl (C=O) groups is 2. The van der Waals surface area contributed by atoms with Crippen molar-refractivity contribution in [1.29, 1.82) is 0 Å². The molecule has 0 bridgehead atoms. The van der Waals surface area contributed by atoms with Gasteiger partial charge in [-0.05, 0) is 25.7 Å². The lowest BCUT2D eigenvalue weighted by molar-refractivity contribution is -0.141. The van der Waals surface area contributed by atoms with Gasteiger partial charge in [-0.3, -0.25) is 9.59 Å². The number of carbonyl (C=O) groups excluding carboxylic acids is 1. The number of amides is 1. The normalized spacial score (nSPS) is 22.7. The van der Waals surface area contributed by atoms with E-state index in [1.807, 2.05) is 0 Å². The lowest BCUT2D eigenvalue weighted by atomic mass is 10.0. The average molecular weight is 255 g/mol. The first-order valence-corrected chi connectivity index (χ1v) is 6.34. The second kappa shape index (κ2) is 7.87. The molecule has 0 spiro atoms. The molecule has 1 aliphatic carbocycles. The van der Waals surface area contributed by atoms with Crippen LogP contribution in [0.15, 0.2) is 12.7 Å². The summed E-state index contributed by atoms with van der Waals surface area (Å²) >= 11 is 0. The summed E-state index contributed by atoms with van der Waals surface area (Å²) in [5.41, 5.74) is 0. The van der Waals surface area contributed by atoms with Crippen LogP contribution in [0.5, 0.6) is 0 Å². The highest BCUT2D eigenvalue weighted by Gasteiger charge is 2.33. The van der Waals surface area contributed by atoms with Gasteiger partial charge in [0.05, 0.1) is 19.1 Å². The zero-order valence-electron chi connectivity index (χ0n) is 10.6. The molecule has 1 fully saturated rings. The summed E-state index contributed by atoms with van der Waals surface area (Å²) in [5, 5.41) is 11.6. The van der Waals surface area contributed by atoms with E-state index in [-0.39, 0.29) is 17.7 Å². The zero-order valence-corrected chi connectivity index (χ0v) is 10.6. The molecule has 2 atom stereocenters. The molecule has 2 N–H and O–H groups in total. The van der Waals surface area contributed by atoms with Crippen LogP contribution < -0.4 is 5.32 Å². The number of rotatable bonds is 8. The van der Waals surface area contributed by atoms with Crippen LogP contribution in [0.25, 0.3) is 0 Å². The molecule has 5 nitrogen and oxygen atoms in total. The van der Waals surface area contributed by atoms with Crippen LogP contribution in [0.4, 0.5) is 0 Å². The number of hydrogen-bond acceptors (Lipinski definition) is 3. The summed E-state index contributed by atoms with van der Waals surface area (Å²) in [7, 11) is 0. The van der Waals surface area contributed by atoms with E-state index in [1.54, 1.807) is 6.08 Å². The van der Waals surface area contributed by atoms with Crippen molar-refractivity contribution < 1.29 is 19.4 Å². The van der Waals surface area contributed by atoms with Crippen molar-refractivity contribution in [3.05, 3.63) is 12.7 Å². The lowest BCUT2D eigenvalue weighted by Gasteiger charge is -2.10. The maximum absolute atomic E-state index is 11.7. The predicted molar refractivity (Wildman–Crippen MR) is 67.1 cm³/mol. The maximum atomic E-state index is 11.7. The minimum atomic E-state index is -0.793. The topological polar surface area (TPSA) is 75.6 Å². The molecular formula is C13H21NO4. The first kappa shape index (κ1) is 14.7. The van der Waals surface area contributed by atoms with E-state index in [9.17, 15) is 9.59 Å². The summed E-state index contributed by atoms with van der Waals surface area (Å²) in [6.45, 7) is 5.15. The van der Waals surface area contributed by atoms with Gasteiger partial charge in [-0.1, -0.05) is 6.08 Å². The second-order valence-electron chi connectivity index (χ2n) is 4.53. The Morgan fingerprint density at radius 3 is 2.67 bits per heavy atom. The van der Waals surface area contributed by atoms with Crippen molar-refractivity contribution in [3.63, 3.8) is 0 Å². The fraction of sp³-hybridized carbons (Fsp3) is 0.692. The highest BCUT2D eigenvalue weighted by atomic mass is 16.5. The number of carboxylic acids is 1. The molecule has 1 aliphatic rings. The Bertz CT molecular complexity index is 303. The molecule has 1 saturated carbocycles. The number of aliphatic carboxylic acids is 1. The number of hydrogen-bond donors (Lipinski definition) is 2. The van der Waals surface area contributed by atoms with Gasteiger partial charge < -0.3 is 15.2 Å². The van der Waals surface area contributed by atoms with Crippen LogP contribution in [-0.4, -0.2) is 36.7 Å². The van der Waals surface area contributed by atoms with Gasteiger partial charge in [0.1, 0.15) is 0 Å². The third kappa shape index (κ3) is 4.87. The third-order valence-electron chi connectivity index (χ3n) is 3.16. The van der Waals surface area contributed by atoms with E-state index >= 15 is 0 Å². The van der Waals surface area contributed by atoms with E-state index < -0.39 is 5.97 Å². The first-order chi connectivity index (χ1) is 8.65. The van der Waals surface area contributed by atoms with E-state index in [2.05, 4.69) is 11.9 Å². The smallest absolute Gasteiger partial charge is 0.306 e. The van der Waals surface area contributed by atoms with Gasteiger partial charge in [-0.2, -0.15) is 0 Å². The van der Waals surface area contributed by atoms with Crippen LogP contribution in [0.3, 0.4) is 0 Å². The average Bonchev–Trinajstić information content (AvgIpc) is 2.83. The molecule has 18 heavy (non-hydrogen) atoms. The SMILES string of the molecule is C=CCCOCCNC(=O)C1CCC(C(=O)O)C1. The van der Waals surface area contributed by atoms with Crippen LogP contribution in [-0.2, 0) is 14.3 Å². The maximum Gasteiger partial charge on any atom is 0.306 e. The Kier molecular flexibility index (Phi) is 6.43. The summed E-state index contributed by atoms with van der Waals surface area (Å²) in [6, 6.07) is 0. The molecule has 0 aromatic carbocycles. The predicted octanol–water partition coefficient (Wildman–Crippen LogP) is 1.20. The second-order valence-corrected chi connectivity index (χ2v) is 4.53. The van der Waals surface area contributed by atoms with Crippen LogP contribution in [0.1, 0.15) is 25.7 Å². The standard InChI is InChI=1S/C13H21NO4/c1-2-3-7-18-8-6-14-12(15)10-4-5-11(9-10)13(16)17/h2,10-11H,1,3-9H2,(H,14,15)(H,16,17).